The fourth-order valence-corrected chi connectivity index (χ4v) is 3.95. The van der Waals surface area contributed by atoms with Gasteiger partial charge in [-0.25, -0.2) is 0 Å². The Morgan fingerprint density at radius 2 is 1.77 bits per heavy atom. The van der Waals surface area contributed by atoms with Crippen molar-refractivity contribution in [3.8, 4) is 5.75 Å². The molecule has 0 amide bonds. The maximum Gasteiger partial charge on any atom is 0.323 e. The standard InChI is InChI=1S/C26H43NO4/c1-6-8-9-10-11-12-18-29-22-15-13-21(14-16-22)24-20-27(17-19-30-24)23(7-2)25(28)31-26(3,4)5/h13-16,23-24H,6-12,17-20H2,1-5H3. The summed E-state index contributed by atoms with van der Waals surface area (Å²) in [5.41, 5.74) is 0.650. The normalized spacial score (nSPS) is 18.5. The third-order valence-electron chi connectivity index (χ3n) is 5.62. The molecule has 1 saturated heterocycles. The van der Waals surface area contributed by atoms with Gasteiger partial charge in [-0.2, -0.15) is 0 Å². The topological polar surface area (TPSA) is 48.0 Å². The molecule has 0 spiro atoms. The van der Waals surface area contributed by atoms with E-state index >= 15 is 0 Å². The van der Waals surface area contributed by atoms with Gasteiger partial charge in [0.1, 0.15) is 17.4 Å². The van der Waals surface area contributed by atoms with Crippen molar-refractivity contribution in [2.75, 3.05) is 26.3 Å². The lowest BCUT2D eigenvalue weighted by molar-refractivity contribution is -0.164. The van der Waals surface area contributed by atoms with Crippen LogP contribution < -0.4 is 4.74 Å². The fourth-order valence-electron chi connectivity index (χ4n) is 3.95. The maximum absolute atomic E-state index is 12.7. The van der Waals surface area contributed by atoms with Crippen molar-refractivity contribution < 1.29 is 19.0 Å². The molecule has 31 heavy (non-hydrogen) atoms. The molecule has 0 aromatic heterocycles. The number of benzene rings is 1. The number of nitrogens with zero attached hydrogens (tertiary/aromatic N) is 1. The Morgan fingerprint density at radius 1 is 1.10 bits per heavy atom. The highest BCUT2D eigenvalue weighted by atomic mass is 16.6. The molecule has 1 aliphatic rings. The lowest BCUT2D eigenvalue weighted by atomic mass is 10.1. The van der Waals surface area contributed by atoms with E-state index in [0.717, 1.165) is 37.3 Å². The van der Waals surface area contributed by atoms with E-state index in [1.807, 2.05) is 39.8 Å². The van der Waals surface area contributed by atoms with Crippen molar-refractivity contribution in [3.05, 3.63) is 29.8 Å². The molecule has 1 heterocycles. The summed E-state index contributed by atoms with van der Waals surface area (Å²) in [5, 5.41) is 0. The number of ether oxygens (including phenoxy) is 3. The van der Waals surface area contributed by atoms with Crippen molar-refractivity contribution in [3.63, 3.8) is 0 Å². The molecule has 1 aromatic rings. The van der Waals surface area contributed by atoms with Crippen LogP contribution >= 0.6 is 0 Å². The SMILES string of the molecule is CCCCCCCCOc1ccc(C2CN(C(CC)C(=O)OC(C)(C)C)CCO2)cc1. The van der Waals surface area contributed by atoms with Crippen LogP contribution in [0.4, 0.5) is 0 Å². The van der Waals surface area contributed by atoms with Crippen LogP contribution in [-0.2, 0) is 14.3 Å². The molecule has 0 aliphatic carbocycles. The summed E-state index contributed by atoms with van der Waals surface area (Å²) in [6.45, 7) is 12.8. The van der Waals surface area contributed by atoms with Crippen molar-refractivity contribution in [1.82, 2.24) is 4.90 Å². The van der Waals surface area contributed by atoms with Crippen LogP contribution in [0.1, 0.15) is 91.2 Å². The lowest BCUT2D eigenvalue weighted by Crippen LogP contribution is -2.49. The molecular formula is C26H43NO4. The monoisotopic (exact) mass is 433 g/mol. The average Bonchev–Trinajstić information content (AvgIpc) is 2.73. The Hall–Kier alpha value is -1.59. The second-order valence-electron chi connectivity index (χ2n) is 9.50. The molecule has 176 valence electrons. The lowest BCUT2D eigenvalue weighted by Gasteiger charge is -2.38. The van der Waals surface area contributed by atoms with Gasteiger partial charge in [-0.1, -0.05) is 58.1 Å². The minimum Gasteiger partial charge on any atom is -0.494 e. The van der Waals surface area contributed by atoms with Gasteiger partial charge < -0.3 is 14.2 Å². The molecule has 0 bridgehead atoms. The van der Waals surface area contributed by atoms with Gasteiger partial charge in [-0.15, -0.1) is 0 Å². The van der Waals surface area contributed by atoms with Crippen LogP contribution in [0.5, 0.6) is 5.75 Å². The molecule has 0 N–H and O–H groups in total. The number of unbranched alkanes of at least 4 members (excludes halogenated alkanes) is 5. The first-order chi connectivity index (χ1) is 14.8. The van der Waals surface area contributed by atoms with Crippen molar-refractivity contribution in [2.24, 2.45) is 0 Å². The molecule has 5 nitrogen and oxygen atoms in total. The molecule has 0 saturated carbocycles. The van der Waals surface area contributed by atoms with Gasteiger partial charge >= 0.3 is 5.97 Å². The van der Waals surface area contributed by atoms with Gasteiger partial charge in [0.2, 0.25) is 0 Å². The molecule has 2 atom stereocenters. The second-order valence-corrected chi connectivity index (χ2v) is 9.50. The van der Waals surface area contributed by atoms with Gasteiger partial charge in [0.25, 0.3) is 0 Å². The molecule has 5 heteroatoms. The quantitative estimate of drug-likeness (QED) is 0.302. The summed E-state index contributed by atoms with van der Waals surface area (Å²) in [6.07, 6.45) is 8.27. The van der Waals surface area contributed by atoms with E-state index < -0.39 is 5.60 Å². The maximum atomic E-state index is 12.7. The Bertz CT molecular complexity index is 638. The Balaban J connectivity index is 1.83. The first-order valence-corrected chi connectivity index (χ1v) is 12.1. The van der Waals surface area contributed by atoms with E-state index in [9.17, 15) is 4.79 Å². The van der Waals surface area contributed by atoms with E-state index in [0.29, 0.717) is 13.2 Å². The van der Waals surface area contributed by atoms with E-state index in [2.05, 4.69) is 24.0 Å². The Kier molecular flexibility index (Phi) is 10.8. The number of esters is 1. The molecule has 1 aromatic carbocycles. The Labute approximate surface area is 189 Å². The van der Waals surface area contributed by atoms with Crippen LogP contribution in [0.3, 0.4) is 0 Å². The summed E-state index contributed by atoms with van der Waals surface area (Å²) >= 11 is 0. The summed E-state index contributed by atoms with van der Waals surface area (Å²) in [6, 6.07) is 7.99. The van der Waals surface area contributed by atoms with Crippen molar-refractivity contribution in [2.45, 2.75) is 97.3 Å². The zero-order valence-electron chi connectivity index (χ0n) is 20.3. The third kappa shape index (κ3) is 9.20. The number of hydrogen-bond donors (Lipinski definition) is 0. The van der Waals surface area contributed by atoms with Crippen LogP contribution in [-0.4, -0.2) is 48.8 Å². The third-order valence-corrected chi connectivity index (χ3v) is 5.62. The van der Waals surface area contributed by atoms with Gasteiger partial charge in [-0.3, -0.25) is 9.69 Å². The van der Waals surface area contributed by atoms with E-state index in [4.69, 9.17) is 14.2 Å². The predicted octanol–water partition coefficient (Wildman–Crippen LogP) is 5.92. The summed E-state index contributed by atoms with van der Waals surface area (Å²) in [7, 11) is 0. The number of carbonyl (C=O) groups is 1. The second kappa shape index (κ2) is 13.1. The fraction of sp³-hybridized carbons (Fsp3) is 0.731. The highest BCUT2D eigenvalue weighted by Crippen LogP contribution is 2.27. The van der Waals surface area contributed by atoms with Gasteiger partial charge in [0.15, 0.2) is 0 Å². The minimum atomic E-state index is -0.471. The molecule has 0 radical (unpaired) electrons. The molecule has 1 fully saturated rings. The highest BCUT2D eigenvalue weighted by Gasteiger charge is 2.33. The van der Waals surface area contributed by atoms with Gasteiger partial charge in [-0.05, 0) is 51.3 Å². The van der Waals surface area contributed by atoms with Crippen molar-refractivity contribution >= 4 is 5.97 Å². The first kappa shape index (κ1) is 25.7. The van der Waals surface area contributed by atoms with E-state index in [-0.39, 0.29) is 18.1 Å². The van der Waals surface area contributed by atoms with Crippen LogP contribution in [0, 0.1) is 0 Å². The predicted molar refractivity (Wildman–Crippen MR) is 126 cm³/mol. The van der Waals surface area contributed by atoms with Crippen LogP contribution in [0.15, 0.2) is 24.3 Å². The molecule has 1 aliphatic heterocycles. The van der Waals surface area contributed by atoms with Gasteiger partial charge in [0.05, 0.1) is 19.3 Å². The zero-order valence-corrected chi connectivity index (χ0v) is 20.3. The molecule has 2 unspecified atom stereocenters. The number of hydrogen-bond acceptors (Lipinski definition) is 5. The first-order valence-electron chi connectivity index (χ1n) is 12.1. The number of morpholine rings is 1. The zero-order chi connectivity index (χ0) is 22.7. The van der Waals surface area contributed by atoms with Gasteiger partial charge in [0, 0.05) is 13.1 Å². The minimum absolute atomic E-state index is 0.0437. The van der Waals surface area contributed by atoms with Crippen LogP contribution in [0.25, 0.3) is 0 Å². The molecule has 2 rings (SSSR count). The number of rotatable bonds is 12. The highest BCUT2D eigenvalue weighted by molar-refractivity contribution is 5.76. The van der Waals surface area contributed by atoms with Crippen molar-refractivity contribution in [1.29, 1.82) is 0 Å². The molecular weight excluding hydrogens is 390 g/mol. The Morgan fingerprint density at radius 3 is 2.42 bits per heavy atom. The largest absolute Gasteiger partial charge is 0.494 e. The summed E-state index contributed by atoms with van der Waals surface area (Å²) < 4.78 is 17.6. The summed E-state index contributed by atoms with van der Waals surface area (Å²) in [4.78, 5) is 14.9. The van der Waals surface area contributed by atoms with E-state index in [1.165, 1.54) is 32.1 Å². The number of carbonyl (C=O) groups excluding carboxylic acids is 1. The average molecular weight is 434 g/mol. The van der Waals surface area contributed by atoms with E-state index in [1.54, 1.807) is 0 Å². The smallest absolute Gasteiger partial charge is 0.323 e. The summed E-state index contributed by atoms with van der Waals surface area (Å²) in [5.74, 6) is 0.763. The van der Waals surface area contributed by atoms with Crippen LogP contribution in [0.2, 0.25) is 0 Å².